The zero-order valence-electron chi connectivity index (χ0n) is 6.65. The highest BCUT2D eigenvalue weighted by atomic mass is 127. The second kappa shape index (κ2) is 4.52. The van der Waals surface area contributed by atoms with E-state index in [1.807, 2.05) is 0 Å². The lowest BCUT2D eigenvalue weighted by atomic mass is 10.3. The highest BCUT2D eigenvalue weighted by Crippen LogP contribution is 2.33. The van der Waals surface area contributed by atoms with Crippen LogP contribution in [0.2, 0.25) is 0 Å². The molecule has 2 rings (SSSR count). The van der Waals surface area contributed by atoms with E-state index < -0.39 is 6.10 Å². The van der Waals surface area contributed by atoms with E-state index in [1.54, 1.807) is 11.7 Å². The summed E-state index contributed by atoms with van der Waals surface area (Å²) in [5.41, 5.74) is 1.70. The van der Waals surface area contributed by atoms with E-state index in [-0.39, 0.29) is 0 Å². The van der Waals surface area contributed by atoms with Crippen LogP contribution in [0.5, 0.6) is 0 Å². The molecular formula is C7H4BrIN2OS2. The van der Waals surface area contributed by atoms with Gasteiger partial charge >= 0.3 is 0 Å². The van der Waals surface area contributed by atoms with E-state index in [1.165, 1.54) is 22.7 Å². The SMILES string of the molecule is OC(c1ncc(I)s1)c1scnc1Br. The van der Waals surface area contributed by atoms with E-state index in [4.69, 9.17) is 0 Å². The zero-order chi connectivity index (χ0) is 10.1. The molecule has 0 aliphatic heterocycles. The van der Waals surface area contributed by atoms with Crippen LogP contribution in [0.1, 0.15) is 16.0 Å². The number of aromatic nitrogens is 2. The topological polar surface area (TPSA) is 46.0 Å². The van der Waals surface area contributed by atoms with Crippen LogP contribution in [-0.2, 0) is 0 Å². The summed E-state index contributed by atoms with van der Waals surface area (Å²) >= 11 is 8.37. The molecule has 0 aliphatic rings. The number of aliphatic hydroxyl groups excluding tert-OH is 1. The van der Waals surface area contributed by atoms with Crippen molar-refractivity contribution in [2.24, 2.45) is 0 Å². The Morgan fingerprint density at radius 3 is 2.79 bits per heavy atom. The molecule has 0 spiro atoms. The first-order valence-electron chi connectivity index (χ1n) is 3.56. The summed E-state index contributed by atoms with van der Waals surface area (Å²) in [7, 11) is 0. The average Bonchev–Trinajstić information content (AvgIpc) is 2.73. The number of rotatable bonds is 2. The van der Waals surface area contributed by atoms with Crippen LogP contribution in [0.15, 0.2) is 16.3 Å². The molecule has 14 heavy (non-hydrogen) atoms. The van der Waals surface area contributed by atoms with Crippen LogP contribution in [0.3, 0.4) is 0 Å². The fourth-order valence-corrected chi connectivity index (χ4v) is 3.85. The van der Waals surface area contributed by atoms with Crippen LogP contribution in [0.4, 0.5) is 0 Å². The fourth-order valence-electron chi connectivity index (χ4n) is 0.924. The molecule has 2 aromatic heterocycles. The number of hydrogen-bond acceptors (Lipinski definition) is 5. The van der Waals surface area contributed by atoms with Crippen molar-refractivity contribution in [2.45, 2.75) is 6.10 Å². The molecule has 3 nitrogen and oxygen atoms in total. The summed E-state index contributed by atoms with van der Waals surface area (Å²) < 4.78 is 1.76. The second-order valence-corrected chi connectivity index (χ2v) is 7.01. The van der Waals surface area contributed by atoms with Gasteiger partial charge in [0.2, 0.25) is 0 Å². The molecule has 7 heteroatoms. The normalized spacial score (nSPS) is 13.1. The minimum absolute atomic E-state index is 0.662. The van der Waals surface area contributed by atoms with Crippen LogP contribution >= 0.6 is 61.2 Å². The van der Waals surface area contributed by atoms with Gasteiger partial charge in [-0.2, -0.15) is 0 Å². The van der Waals surface area contributed by atoms with Gasteiger partial charge in [0.05, 0.1) is 19.5 Å². The molecule has 2 aromatic rings. The molecule has 0 aliphatic carbocycles. The molecule has 0 bridgehead atoms. The fraction of sp³-hybridized carbons (Fsp3) is 0.143. The summed E-state index contributed by atoms with van der Waals surface area (Å²) in [4.78, 5) is 8.95. The molecule has 1 N–H and O–H groups in total. The van der Waals surface area contributed by atoms with Gasteiger partial charge in [-0.15, -0.1) is 22.7 Å². The third-order valence-corrected chi connectivity index (χ3v) is 5.08. The van der Waals surface area contributed by atoms with Crippen LogP contribution in [0.25, 0.3) is 0 Å². The lowest BCUT2D eigenvalue weighted by Gasteiger charge is -2.03. The molecule has 0 fully saturated rings. The third kappa shape index (κ3) is 2.16. The number of thiazole rings is 2. The van der Waals surface area contributed by atoms with Gasteiger partial charge in [0.1, 0.15) is 15.7 Å². The van der Waals surface area contributed by atoms with E-state index in [0.717, 1.165) is 7.76 Å². The monoisotopic (exact) mass is 402 g/mol. The van der Waals surface area contributed by atoms with Gasteiger partial charge in [-0.25, -0.2) is 9.97 Å². The van der Waals surface area contributed by atoms with E-state index >= 15 is 0 Å². The van der Waals surface area contributed by atoms with Crippen molar-refractivity contribution in [3.8, 4) is 0 Å². The van der Waals surface area contributed by atoms with Gasteiger partial charge in [0.15, 0.2) is 0 Å². The first-order chi connectivity index (χ1) is 6.68. The summed E-state index contributed by atoms with van der Waals surface area (Å²) in [5.74, 6) is 0. The number of halogens is 2. The molecule has 0 radical (unpaired) electrons. The van der Waals surface area contributed by atoms with Gasteiger partial charge in [-0.1, -0.05) is 0 Å². The van der Waals surface area contributed by atoms with Crippen molar-refractivity contribution in [1.29, 1.82) is 0 Å². The number of nitrogens with zero attached hydrogens (tertiary/aromatic N) is 2. The Bertz CT molecular complexity index is 444. The smallest absolute Gasteiger partial charge is 0.142 e. The predicted octanol–water partition coefficient (Wildman–Crippen LogP) is 3.05. The van der Waals surface area contributed by atoms with Crippen LogP contribution < -0.4 is 0 Å². The average molecular weight is 403 g/mol. The molecule has 0 saturated carbocycles. The predicted molar refractivity (Wildman–Crippen MR) is 68.7 cm³/mol. The van der Waals surface area contributed by atoms with Gasteiger partial charge in [0, 0.05) is 0 Å². The second-order valence-electron chi connectivity index (χ2n) is 2.41. The van der Waals surface area contributed by atoms with Crippen molar-refractivity contribution in [3.63, 3.8) is 0 Å². The van der Waals surface area contributed by atoms with Gasteiger partial charge in [0.25, 0.3) is 0 Å². The standard InChI is InChI=1S/C7H4BrIN2OS2/c8-6-5(13-2-11-6)4(12)7-10-1-3(9)14-7/h1-2,4,12H. The quantitative estimate of drug-likeness (QED) is 0.785. The van der Waals surface area contributed by atoms with Crippen molar-refractivity contribution in [2.75, 3.05) is 0 Å². The maximum absolute atomic E-state index is 9.96. The van der Waals surface area contributed by atoms with Crippen molar-refractivity contribution in [1.82, 2.24) is 9.97 Å². The lowest BCUT2D eigenvalue weighted by molar-refractivity contribution is 0.222. The van der Waals surface area contributed by atoms with E-state index in [9.17, 15) is 5.11 Å². The maximum atomic E-state index is 9.96. The molecule has 1 atom stereocenters. The Morgan fingerprint density at radius 2 is 2.29 bits per heavy atom. The van der Waals surface area contributed by atoms with Crippen molar-refractivity contribution >= 4 is 61.2 Å². The van der Waals surface area contributed by atoms with Crippen molar-refractivity contribution in [3.05, 3.63) is 29.1 Å². The van der Waals surface area contributed by atoms with Gasteiger partial charge < -0.3 is 5.11 Å². The molecule has 0 aromatic carbocycles. The molecule has 0 saturated heterocycles. The van der Waals surface area contributed by atoms with Crippen molar-refractivity contribution < 1.29 is 5.11 Å². The zero-order valence-corrected chi connectivity index (χ0v) is 12.0. The highest BCUT2D eigenvalue weighted by molar-refractivity contribution is 14.1. The first kappa shape index (κ1) is 10.9. The largest absolute Gasteiger partial charge is 0.380 e. The Hall–Kier alpha value is 0.430. The van der Waals surface area contributed by atoms with Gasteiger partial charge in [-0.3, -0.25) is 0 Å². The summed E-state index contributed by atoms with van der Waals surface area (Å²) in [6, 6.07) is 0. The molecular weight excluding hydrogens is 399 g/mol. The Balaban J connectivity index is 2.33. The minimum atomic E-state index is -0.662. The van der Waals surface area contributed by atoms with E-state index in [0.29, 0.717) is 9.61 Å². The van der Waals surface area contributed by atoms with E-state index in [2.05, 4.69) is 48.5 Å². The summed E-state index contributed by atoms with van der Waals surface area (Å²) in [5, 5.41) is 10.7. The number of hydrogen-bond donors (Lipinski definition) is 1. The third-order valence-electron chi connectivity index (χ3n) is 1.53. The lowest BCUT2D eigenvalue weighted by Crippen LogP contribution is -1.96. The molecule has 0 amide bonds. The molecule has 74 valence electrons. The molecule has 1 unspecified atom stereocenters. The number of aliphatic hydroxyl groups is 1. The summed E-state index contributed by atoms with van der Waals surface area (Å²) in [6.45, 7) is 0. The van der Waals surface area contributed by atoms with Gasteiger partial charge in [-0.05, 0) is 38.5 Å². The molecule has 2 heterocycles. The summed E-state index contributed by atoms with van der Waals surface area (Å²) in [6.07, 6.45) is 1.09. The minimum Gasteiger partial charge on any atom is -0.380 e. The highest BCUT2D eigenvalue weighted by Gasteiger charge is 2.19. The Kier molecular flexibility index (Phi) is 3.53. The Labute approximate surface area is 110 Å². The maximum Gasteiger partial charge on any atom is 0.142 e. The first-order valence-corrected chi connectivity index (χ1v) is 7.13. The van der Waals surface area contributed by atoms with Crippen LogP contribution in [-0.4, -0.2) is 15.1 Å². The Morgan fingerprint density at radius 1 is 1.50 bits per heavy atom. The van der Waals surface area contributed by atoms with Crippen LogP contribution in [0, 0.1) is 2.88 Å².